The van der Waals surface area contributed by atoms with Crippen molar-refractivity contribution in [2.75, 3.05) is 20.3 Å². The fraction of sp³-hybridized carbons (Fsp3) is 0.636. The maximum atomic E-state index is 12.4. The molecule has 0 bridgehead atoms. The lowest BCUT2D eigenvalue weighted by Gasteiger charge is -2.29. The molecule has 0 aromatic carbocycles. The van der Waals surface area contributed by atoms with Gasteiger partial charge in [-0.05, 0) is 25.0 Å². The summed E-state index contributed by atoms with van der Waals surface area (Å²) in [6.07, 6.45) is 1.46. The van der Waals surface area contributed by atoms with E-state index in [0.29, 0.717) is 22.3 Å². The van der Waals surface area contributed by atoms with E-state index in [4.69, 9.17) is 9.84 Å². The van der Waals surface area contributed by atoms with Crippen molar-refractivity contribution in [2.24, 2.45) is 0 Å². The van der Waals surface area contributed by atoms with Crippen LogP contribution in [0.4, 0.5) is 0 Å². The number of hydrogen-bond donors (Lipinski definition) is 1. The lowest BCUT2D eigenvalue weighted by molar-refractivity contribution is 0.0632. The van der Waals surface area contributed by atoms with Crippen molar-refractivity contribution < 1.29 is 18.3 Å². The highest BCUT2D eigenvalue weighted by atomic mass is 32.2. The van der Waals surface area contributed by atoms with Gasteiger partial charge in [0.15, 0.2) is 0 Å². The van der Waals surface area contributed by atoms with Gasteiger partial charge in [-0.3, -0.25) is 0 Å². The first-order valence-corrected chi connectivity index (χ1v) is 8.06. The predicted molar refractivity (Wildman–Crippen MR) is 69.0 cm³/mol. The summed E-state index contributed by atoms with van der Waals surface area (Å²) in [6, 6.07) is 3.21. The predicted octanol–water partition coefficient (Wildman–Crippen LogP) is 1.04. The van der Waals surface area contributed by atoms with Crippen LogP contribution < -0.4 is 0 Å². The molecule has 1 saturated heterocycles. The highest BCUT2D eigenvalue weighted by Gasteiger charge is 2.30. The number of hydrogen-bond acceptors (Lipinski definition) is 5. The summed E-state index contributed by atoms with van der Waals surface area (Å²) in [4.78, 5) is 0.661. The molecule has 0 atom stereocenters. The Balaban J connectivity index is 2.18. The highest BCUT2D eigenvalue weighted by Crippen LogP contribution is 2.27. The van der Waals surface area contributed by atoms with Crippen LogP contribution in [0.5, 0.6) is 0 Å². The quantitative estimate of drug-likeness (QED) is 0.900. The Kier molecular flexibility index (Phi) is 4.39. The summed E-state index contributed by atoms with van der Waals surface area (Å²) in [5.41, 5.74) is 0. The topological polar surface area (TPSA) is 66.8 Å². The monoisotopic (exact) mass is 291 g/mol. The molecule has 0 saturated carbocycles. The second kappa shape index (κ2) is 5.66. The zero-order valence-corrected chi connectivity index (χ0v) is 11.8. The van der Waals surface area contributed by atoms with Gasteiger partial charge in [-0.25, -0.2) is 8.42 Å². The van der Waals surface area contributed by atoms with Crippen molar-refractivity contribution in [3.05, 3.63) is 17.0 Å². The molecule has 1 N–H and O–H groups in total. The maximum absolute atomic E-state index is 12.4. The van der Waals surface area contributed by atoms with Crippen LogP contribution in [0.2, 0.25) is 0 Å². The fourth-order valence-electron chi connectivity index (χ4n) is 1.97. The van der Waals surface area contributed by atoms with Gasteiger partial charge in [0.25, 0.3) is 10.0 Å². The van der Waals surface area contributed by atoms with Crippen molar-refractivity contribution in [3.8, 4) is 0 Å². The molecule has 0 unspecified atom stereocenters. The number of ether oxygens (including phenoxy) is 1. The van der Waals surface area contributed by atoms with E-state index < -0.39 is 10.0 Å². The smallest absolute Gasteiger partial charge is 0.252 e. The van der Waals surface area contributed by atoms with Crippen LogP contribution in [0.1, 0.15) is 17.7 Å². The molecule has 0 aliphatic carbocycles. The van der Waals surface area contributed by atoms with Gasteiger partial charge in [0.1, 0.15) is 4.21 Å². The number of rotatable bonds is 4. The summed E-state index contributed by atoms with van der Waals surface area (Å²) in [6.45, 7) is 1.09. The minimum Gasteiger partial charge on any atom is -0.391 e. The number of thiophene rings is 1. The van der Waals surface area contributed by atoms with Gasteiger partial charge >= 0.3 is 0 Å². The van der Waals surface area contributed by atoms with Gasteiger partial charge in [-0.15, -0.1) is 11.3 Å². The van der Waals surface area contributed by atoms with Crippen molar-refractivity contribution in [1.29, 1.82) is 0 Å². The molecule has 2 heterocycles. The lowest BCUT2D eigenvalue weighted by atomic mass is 10.1. The molecule has 1 aliphatic heterocycles. The molecule has 1 fully saturated rings. The molecular formula is C11H17NO4S2. The minimum absolute atomic E-state index is 0.00317. The summed E-state index contributed by atoms with van der Waals surface area (Å²) >= 11 is 1.12. The van der Waals surface area contributed by atoms with E-state index in [1.165, 1.54) is 4.31 Å². The zero-order valence-electron chi connectivity index (χ0n) is 10.2. The summed E-state index contributed by atoms with van der Waals surface area (Å²) in [7, 11) is -1.83. The number of sulfonamides is 1. The second-order valence-electron chi connectivity index (χ2n) is 4.24. The van der Waals surface area contributed by atoms with E-state index in [0.717, 1.165) is 24.2 Å². The molecule has 1 aromatic heterocycles. The van der Waals surface area contributed by atoms with Crippen LogP contribution in [-0.4, -0.2) is 44.1 Å². The Morgan fingerprint density at radius 3 is 2.67 bits per heavy atom. The molecule has 102 valence electrons. The number of aliphatic hydroxyl groups excluding tert-OH is 1. The molecule has 2 rings (SSSR count). The van der Waals surface area contributed by atoms with Gasteiger partial charge in [0, 0.05) is 31.2 Å². The summed E-state index contributed by atoms with van der Waals surface area (Å²) in [5.74, 6) is 0. The van der Waals surface area contributed by atoms with Crippen LogP contribution in [0.15, 0.2) is 16.3 Å². The van der Waals surface area contributed by atoms with Crippen molar-refractivity contribution in [2.45, 2.75) is 29.7 Å². The normalized spacial score (nSPS) is 18.4. The Bertz CT molecular complexity index is 491. The van der Waals surface area contributed by atoms with Crippen molar-refractivity contribution in [3.63, 3.8) is 0 Å². The molecule has 5 nitrogen and oxygen atoms in total. The first kappa shape index (κ1) is 14.0. The van der Waals surface area contributed by atoms with Crippen molar-refractivity contribution >= 4 is 21.4 Å². The van der Waals surface area contributed by atoms with E-state index in [-0.39, 0.29) is 12.6 Å². The Morgan fingerprint density at radius 2 is 2.11 bits per heavy atom. The fourth-order valence-corrected chi connectivity index (χ4v) is 4.79. The molecule has 1 aliphatic rings. The van der Waals surface area contributed by atoms with Crippen LogP contribution in [0.3, 0.4) is 0 Å². The Hall–Kier alpha value is -0.470. The van der Waals surface area contributed by atoms with Crippen molar-refractivity contribution in [1.82, 2.24) is 4.31 Å². The SMILES string of the molecule is CN(C1CCOCC1)S(=O)(=O)c1ccc(CO)s1. The Morgan fingerprint density at radius 1 is 1.44 bits per heavy atom. The van der Waals surface area contributed by atoms with Crippen LogP contribution in [0.25, 0.3) is 0 Å². The second-order valence-corrected chi connectivity index (χ2v) is 7.64. The Labute approximate surface area is 111 Å². The third-order valence-electron chi connectivity index (χ3n) is 3.13. The number of aliphatic hydroxyl groups is 1. The lowest BCUT2D eigenvalue weighted by Crippen LogP contribution is -2.40. The zero-order chi connectivity index (χ0) is 13.2. The van der Waals surface area contributed by atoms with Gasteiger partial charge in [-0.1, -0.05) is 0 Å². The maximum Gasteiger partial charge on any atom is 0.252 e. The third kappa shape index (κ3) is 2.75. The molecule has 18 heavy (non-hydrogen) atoms. The molecule has 0 spiro atoms. The van der Waals surface area contributed by atoms with Crippen LogP contribution >= 0.6 is 11.3 Å². The first-order valence-electron chi connectivity index (χ1n) is 5.81. The minimum atomic E-state index is -3.44. The molecule has 0 amide bonds. The molecule has 7 heteroatoms. The largest absolute Gasteiger partial charge is 0.391 e. The molecular weight excluding hydrogens is 274 g/mol. The standard InChI is InChI=1S/C11H17NO4S2/c1-12(9-4-6-16-7-5-9)18(14,15)11-3-2-10(8-13)17-11/h2-3,9,13H,4-8H2,1H3. The van der Waals surface area contributed by atoms with E-state index >= 15 is 0 Å². The number of nitrogens with zero attached hydrogens (tertiary/aromatic N) is 1. The van der Waals surface area contributed by atoms with Crippen LogP contribution in [-0.2, 0) is 21.4 Å². The van der Waals surface area contributed by atoms with Gasteiger partial charge in [0.2, 0.25) is 0 Å². The highest BCUT2D eigenvalue weighted by molar-refractivity contribution is 7.91. The average Bonchev–Trinajstić information content (AvgIpc) is 2.88. The summed E-state index contributed by atoms with van der Waals surface area (Å²) < 4.78 is 31.7. The van der Waals surface area contributed by atoms with E-state index in [9.17, 15) is 8.42 Å². The van der Waals surface area contributed by atoms with E-state index in [2.05, 4.69) is 0 Å². The van der Waals surface area contributed by atoms with Gasteiger partial charge in [0.05, 0.1) is 6.61 Å². The first-order chi connectivity index (χ1) is 8.55. The molecule has 1 aromatic rings. The van der Waals surface area contributed by atoms with E-state index in [1.54, 1.807) is 19.2 Å². The summed E-state index contributed by atoms with van der Waals surface area (Å²) in [5, 5.41) is 8.99. The average molecular weight is 291 g/mol. The molecule has 0 radical (unpaired) electrons. The third-order valence-corrected chi connectivity index (χ3v) is 6.58. The van der Waals surface area contributed by atoms with Gasteiger partial charge < -0.3 is 9.84 Å². The van der Waals surface area contributed by atoms with E-state index in [1.807, 2.05) is 0 Å². The van der Waals surface area contributed by atoms with Gasteiger partial charge in [-0.2, -0.15) is 4.31 Å². The van der Waals surface area contributed by atoms with Crippen LogP contribution in [0, 0.1) is 0 Å².